The van der Waals surface area contributed by atoms with Gasteiger partial charge in [-0.1, -0.05) is 24.3 Å². The Balaban J connectivity index is 2.03. The lowest BCUT2D eigenvalue weighted by atomic mass is 10.1. The van der Waals surface area contributed by atoms with Crippen molar-refractivity contribution >= 4 is 15.9 Å². The topological polar surface area (TPSA) is 66.5 Å². The highest BCUT2D eigenvalue weighted by Crippen LogP contribution is 2.16. The number of nitrogens with one attached hydrogen (secondary N) is 1. The Morgan fingerprint density at radius 1 is 1.12 bits per heavy atom. The fourth-order valence-corrected chi connectivity index (χ4v) is 3.89. The number of hydrogen-bond acceptors (Lipinski definition) is 3. The number of nitrogens with zero attached hydrogens (tertiary/aromatic N) is 1. The van der Waals surface area contributed by atoms with E-state index in [0.29, 0.717) is 12.1 Å². The van der Waals surface area contributed by atoms with Crippen LogP contribution >= 0.6 is 0 Å². The Morgan fingerprint density at radius 2 is 1.81 bits per heavy atom. The number of benzene rings is 2. The highest BCUT2D eigenvalue weighted by molar-refractivity contribution is 7.89. The van der Waals surface area contributed by atoms with Crippen molar-refractivity contribution in [2.45, 2.75) is 32.2 Å². The quantitative estimate of drug-likeness (QED) is 0.806. The van der Waals surface area contributed by atoms with Crippen LogP contribution in [0.2, 0.25) is 0 Å². The van der Waals surface area contributed by atoms with Gasteiger partial charge in [0.05, 0.1) is 4.90 Å². The van der Waals surface area contributed by atoms with E-state index in [2.05, 4.69) is 4.72 Å². The highest BCUT2D eigenvalue weighted by atomic mass is 32.2. The van der Waals surface area contributed by atoms with Crippen molar-refractivity contribution in [3.63, 3.8) is 0 Å². The van der Waals surface area contributed by atoms with Gasteiger partial charge in [-0.3, -0.25) is 4.79 Å². The molecular weight excluding hydrogens is 355 g/mol. The second-order valence-corrected chi connectivity index (χ2v) is 7.91. The summed E-state index contributed by atoms with van der Waals surface area (Å²) in [5, 5.41) is 0. The minimum atomic E-state index is -3.76. The van der Waals surface area contributed by atoms with Gasteiger partial charge in [-0.25, -0.2) is 17.5 Å². The molecule has 0 radical (unpaired) electrons. The second-order valence-electron chi connectivity index (χ2n) is 6.17. The van der Waals surface area contributed by atoms with Crippen LogP contribution < -0.4 is 4.72 Å². The largest absolute Gasteiger partial charge is 0.337 e. The molecule has 5 nitrogen and oxygen atoms in total. The predicted octanol–water partition coefficient (Wildman–Crippen LogP) is 2.77. The fourth-order valence-electron chi connectivity index (χ4n) is 2.65. The third-order valence-corrected chi connectivity index (χ3v) is 5.79. The number of sulfonamides is 1. The predicted molar refractivity (Wildman–Crippen MR) is 98.6 cm³/mol. The first-order chi connectivity index (χ1) is 12.2. The maximum Gasteiger partial charge on any atom is 0.240 e. The first kappa shape index (κ1) is 20.1. The minimum Gasteiger partial charge on any atom is -0.337 e. The maximum atomic E-state index is 13.2. The molecule has 0 aliphatic carbocycles. The van der Waals surface area contributed by atoms with Gasteiger partial charge in [0.25, 0.3) is 0 Å². The van der Waals surface area contributed by atoms with E-state index < -0.39 is 15.8 Å². The molecule has 7 heteroatoms. The molecule has 140 valence electrons. The zero-order valence-electron chi connectivity index (χ0n) is 15.1. The molecule has 0 saturated heterocycles. The van der Waals surface area contributed by atoms with Gasteiger partial charge in [-0.2, -0.15) is 0 Å². The summed E-state index contributed by atoms with van der Waals surface area (Å²) in [5.41, 5.74) is 2.42. The standard InChI is InChI=1S/C19H23FN2O3S/c1-14-6-4-5-7-17(14)13-22(16(3)23)11-10-21-26(24,25)19-9-8-18(20)12-15(19)2/h4-9,12,21H,10-11,13H2,1-3H3. The van der Waals surface area contributed by atoms with E-state index in [0.717, 1.165) is 17.2 Å². The summed E-state index contributed by atoms with van der Waals surface area (Å²) in [6.07, 6.45) is 0. The maximum absolute atomic E-state index is 13.2. The van der Waals surface area contributed by atoms with Gasteiger partial charge in [0.15, 0.2) is 0 Å². The lowest BCUT2D eigenvalue weighted by Gasteiger charge is -2.22. The number of hydrogen-bond donors (Lipinski definition) is 1. The monoisotopic (exact) mass is 378 g/mol. The molecule has 0 aliphatic heterocycles. The van der Waals surface area contributed by atoms with Crippen molar-refractivity contribution in [1.82, 2.24) is 9.62 Å². The first-order valence-corrected chi connectivity index (χ1v) is 9.75. The van der Waals surface area contributed by atoms with Crippen LogP contribution in [0.5, 0.6) is 0 Å². The van der Waals surface area contributed by atoms with Gasteiger partial charge in [0, 0.05) is 26.6 Å². The molecule has 0 aliphatic rings. The summed E-state index contributed by atoms with van der Waals surface area (Å²) in [4.78, 5) is 13.5. The summed E-state index contributed by atoms with van der Waals surface area (Å²) >= 11 is 0. The lowest BCUT2D eigenvalue weighted by molar-refractivity contribution is -0.129. The van der Waals surface area contributed by atoms with Crippen molar-refractivity contribution in [3.05, 3.63) is 65.0 Å². The summed E-state index contributed by atoms with van der Waals surface area (Å²) in [6, 6.07) is 11.3. The molecule has 0 atom stereocenters. The minimum absolute atomic E-state index is 0.0344. The molecule has 2 aromatic carbocycles. The molecule has 1 amide bonds. The first-order valence-electron chi connectivity index (χ1n) is 8.26. The Bertz CT molecular complexity index is 897. The molecule has 2 aromatic rings. The normalized spacial score (nSPS) is 11.4. The molecule has 0 unspecified atom stereocenters. The van der Waals surface area contributed by atoms with E-state index in [9.17, 15) is 17.6 Å². The Morgan fingerprint density at radius 3 is 2.42 bits per heavy atom. The van der Waals surface area contributed by atoms with Crippen LogP contribution in [0, 0.1) is 19.7 Å². The van der Waals surface area contributed by atoms with Crippen molar-refractivity contribution < 1.29 is 17.6 Å². The fraction of sp³-hybridized carbons (Fsp3) is 0.316. The molecule has 0 spiro atoms. The van der Waals surface area contributed by atoms with Gasteiger partial charge in [0.2, 0.25) is 15.9 Å². The lowest BCUT2D eigenvalue weighted by Crippen LogP contribution is -2.37. The summed E-state index contributed by atoms with van der Waals surface area (Å²) in [5.74, 6) is -0.618. The van der Waals surface area contributed by atoms with E-state index in [-0.39, 0.29) is 23.9 Å². The van der Waals surface area contributed by atoms with Crippen LogP contribution in [0.15, 0.2) is 47.4 Å². The molecule has 2 rings (SSSR count). The van der Waals surface area contributed by atoms with Crippen LogP contribution in [-0.4, -0.2) is 32.3 Å². The van der Waals surface area contributed by atoms with Crippen molar-refractivity contribution in [1.29, 1.82) is 0 Å². The zero-order valence-corrected chi connectivity index (χ0v) is 15.9. The van der Waals surface area contributed by atoms with Gasteiger partial charge in [-0.05, 0) is 48.7 Å². The highest BCUT2D eigenvalue weighted by Gasteiger charge is 2.18. The van der Waals surface area contributed by atoms with E-state index in [1.54, 1.807) is 4.90 Å². The molecule has 0 bridgehead atoms. The third-order valence-electron chi connectivity index (χ3n) is 4.17. The average molecular weight is 378 g/mol. The number of aryl methyl sites for hydroxylation is 2. The zero-order chi connectivity index (χ0) is 19.3. The van der Waals surface area contributed by atoms with Crippen LogP contribution in [0.25, 0.3) is 0 Å². The second kappa shape index (κ2) is 8.42. The summed E-state index contributed by atoms with van der Waals surface area (Å²) < 4.78 is 40.4. The number of carbonyl (C=O) groups is 1. The van der Waals surface area contributed by atoms with Crippen LogP contribution in [0.4, 0.5) is 4.39 Å². The van der Waals surface area contributed by atoms with E-state index in [1.807, 2.05) is 31.2 Å². The van der Waals surface area contributed by atoms with E-state index in [1.165, 1.54) is 26.0 Å². The van der Waals surface area contributed by atoms with E-state index >= 15 is 0 Å². The van der Waals surface area contributed by atoms with Crippen LogP contribution in [0.3, 0.4) is 0 Å². The summed E-state index contributed by atoms with van der Waals surface area (Å²) in [7, 11) is -3.76. The smallest absolute Gasteiger partial charge is 0.240 e. The number of amides is 1. The van der Waals surface area contributed by atoms with Gasteiger partial charge < -0.3 is 4.90 Å². The Hall–Kier alpha value is -2.25. The Kier molecular flexibility index (Phi) is 6.50. The average Bonchev–Trinajstić information content (AvgIpc) is 2.55. The number of halogens is 1. The van der Waals surface area contributed by atoms with Gasteiger partial charge in [-0.15, -0.1) is 0 Å². The third kappa shape index (κ3) is 5.12. The van der Waals surface area contributed by atoms with Crippen LogP contribution in [-0.2, 0) is 21.4 Å². The van der Waals surface area contributed by atoms with E-state index in [4.69, 9.17) is 0 Å². The molecule has 26 heavy (non-hydrogen) atoms. The van der Waals surface area contributed by atoms with Crippen LogP contribution in [0.1, 0.15) is 23.6 Å². The number of rotatable bonds is 7. The van der Waals surface area contributed by atoms with Gasteiger partial charge >= 0.3 is 0 Å². The van der Waals surface area contributed by atoms with Crippen molar-refractivity contribution in [2.24, 2.45) is 0 Å². The summed E-state index contributed by atoms with van der Waals surface area (Å²) in [6.45, 7) is 5.69. The molecular formula is C19H23FN2O3S. The molecule has 0 aromatic heterocycles. The Labute approximate surface area is 153 Å². The molecule has 0 fully saturated rings. The molecule has 1 N–H and O–H groups in total. The number of carbonyl (C=O) groups excluding carboxylic acids is 1. The SMILES string of the molecule is CC(=O)N(CCNS(=O)(=O)c1ccc(F)cc1C)Cc1ccccc1C. The van der Waals surface area contributed by atoms with Crippen molar-refractivity contribution in [3.8, 4) is 0 Å². The van der Waals surface area contributed by atoms with Crippen molar-refractivity contribution in [2.75, 3.05) is 13.1 Å². The molecule has 0 saturated carbocycles. The van der Waals surface area contributed by atoms with Gasteiger partial charge in [0.1, 0.15) is 5.82 Å². The molecule has 0 heterocycles.